The van der Waals surface area contributed by atoms with Crippen LogP contribution >= 0.6 is 22.6 Å². The molecule has 0 aromatic heterocycles. The lowest BCUT2D eigenvalue weighted by molar-refractivity contribution is -0.151. The van der Waals surface area contributed by atoms with E-state index in [1.165, 1.54) is 24.1 Å². The molecule has 2 fully saturated rings. The lowest BCUT2D eigenvalue weighted by atomic mass is 9.83. The van der Waals surface area contributed by atoms with E-state index in [-0.39, 0.29) is 29.7 Å². The van der Waals surface area contributed by atoms with Gasteiger partial charge in [0.25, 0.3) is 0 Å². The molecule has 1 saturated carbocycles. The lowest BCUT2D eigenvalue weighted by Crippen LogP contribution is -2.52. The zero-order chi connectivity index (χ0) is 21.9. The summed E-state index contributed by atoms with van der Waals surface area (Å²) in [6.07, 6.45) is 5.18. The molecule has 8 nitrogen and oxygen atoms in total. The Bertz CT molecular complexity index is 871. The van der Waals surface area contributed by atoms with Gasteiger partial charge in [0.1, 0.15) is 6.04 Å². The SMILES string of the molecule is COC(=O)[C@H]1C[C@@H](NS(=O)(=O)c2ccc(I)cc2)CN1C(=O)[C@@H](N)C1CCCCC1. The number of nitrogens with zero attached hydrogens (tertiary/aromatic N) is 1. The number of rotatable bonds is 6. The average molecular weight is 549 g/mol. The number of amides is 1. The number of methoxy groups -OCH3 is 1. The molecule has 3 atom stereocenters. The van der Waals surface area contributed by atoms with Gasteiger partial charge < -0.3 is 15.4 Å². The van der Waals surface area contributed by atoms with E-state index in [9.17, 15) is 18.0 Å². The summed E-state index contributed by atoms with van der Waals surface area (Å²) in [7, 11) is -2.52. The molecule has 0 spiro atoms. The highest BCUT2D eigenvalue weighted by atomic mass is 127. The molecule has 30 heavy (non-hydrogen) atoms. The fourth-order valence-corrected chi connectivity index (χ4v) is 5.91. The second-order valence-corrected chi connectivity index (χ2v) is 10.9. The second kappa shape index (κ2) is 9.92. The summed E-state index contributed by atoms with van der Waals surface area (Å²) < 4.78 is 33.9. The van der Waals surface area contributed by atoms with Crippen LogP contribution in [0.15, 0.2) is 29.2 Å². The molecule has 3 rings (SSSR count). The van der Waals surface area contributed by atoms with Crippen molar-refractivity contribution in [1.29, 1.82) is 0 Å². The molecule has 166 valence electrons. The molecule has 1 aromatic rings. The fraction of sp³-hybridized carbons (Fsp3) is 0.600. The van der Waals surface area contributed by atoms with E-state index in [2.05, 4.69) is 27.3 Å². The Labute approximate surface area is 191 Å². The van der Waals surface area contributed by atoms with Gasteiger partial charge in [-0.15, -0.1) is 0 Å². The number of sulfonamides is 1. The van der Waals surface area contributed by atoms with Crippen LogP contribution in [0.25, 0.3) is 0 Å². The lowest BCUT2D eigenvalue weighted by Gasteiger charge is -2.31. The van der Waals surface area contributed by atoms with Gasteiger partial charge >= 0.3 is 5.97 Å². The Morgan fingerprint density at radius 3 is 2.43 bits per heavy atom. The van der Waals surface area contributed by atoms with Crippen molar-refractivity contribution in [2.45, 2.75) is 61.5 Å². The maximum absolute atomic E-state index is 13.1. The van der Waals surface area contributed by atoms with Crippen molar-refractivity contribution in [2.24, 2.45) is 11.7 Å². The highest BCUT2D eigenvalue weighted by Crippen LogP contribution is 2.29. The summed E-state index contributed by atoms with van der Waals surface area (Å²) in [5, 5.41) is 0. The largest absolute Gasteiger partial charge is 0.467 e. The van der Waals surface area contributed by atoms with Gasteiger partial charge in [-0.2, -0.15) is 0 Å². The van der Waals surface area contributed by atoms with Gasteiger partial charge in [-0.05, 0) is 72.0 Å². The molecule has 1 aromatic carbocycles. The van der Waals surface area contributed by atoms with Crippen LogP contribution in [0.3, 0.4) is 0 Å². The van der Waals surface area contributed by atoms with Crippen LogP contribution in [-0.4, -0.2) is 57.0 Å². The Kier molecular flexibility index (Phi) is 7.75. The number of carbonyl (C=O) groups excluding carboxylic acids is 2. The number of carbonyl (C=O) groups is 2. The van der Waals surface area contributed by atoms with E-state index in [0.29, 0.717) is 0 Å². The summed E-state index contributed by atoms with van der Waals surface area (Å²) in [5.74, 6) is -0.782. The Balaban J connectivity index is 1.74. The van der Waals surface area contributed by atoms with Crippen LogP contribution in [0, 0.1) is 9.49 Å². The van der Waals surface area contributed by atoms with Gasteiger partial charge in [-0.25, -0.2) is 17.9 Å². The van der Waals surface area contributed by atoms with E-state index in [0.717, 1.165) is 35.7 Å². The van der Waals surface area contributed by atoms with Crippen molar-refractivity contribution in [1.82, 2.24) is 9.62 Å². The van der Waals surface area contributed by atoms with E-state index in [1.54, 1.807) is 12.1 Å². The van der Waals surface area contributed by atoms with Gasteiger partial charge in [0.15, 0.2) is 0 Å². The summed E-state index contributed by atoms with van der Waals surface area (Å²) >= 11 is 2.10. The third-order valence-electron chi connectivity index (χ3n) is 5.95. The molecule has 1 saturated heterocycles. The standard InChI is InChI=1S/C20H28IN3O5S/c1-29-20(26)17-11-15(23-30(27,28)16-9-7-14(21)8-10-16)12-24(17)19(25)18(22)13-5-3-2-4-6-13/h7-10,13,15,17-18,23H,2-6,11-12,22H2,1H3/t15-,17-,18+/m1/s1. The first-order valence-electron chi connectivity index (χ1n) is 10.1. The summed E-state index contributed by atoms with van der Waals surface area (Å²) in [4.78, 5) is 27.0. The van der Waals surface area contributed by atoms with E-state index < -0.39 is 34.1 Å². The van der Waals surface area contributed by atoms with Crippen molar-refractivity contribution < 1.29 is 22.7 Å². The topological polar surface area (TPSA) is 119 Å². The molecule has 0 bridgehead atoms. The molecule has 1 heterocycles. The van der Waals surface area contributed by atoms with Gasteiger partial charge in [0.05, 0.1) is 18.0 Å². The molecule has 10 heteroatoms. The maximum Gasteiger partial charge on any atom is 0.328 e. The third-order valence-corrected chi connectivity index (χ3v) is 8.20. The third kappa shape index (κ3) is 5.32. The summed E-state index contributed by atoms with van der Waals surface area (Å²) in [6.45, 7) is 0.0859. The van der Waals surface area contributed by atoms with Gasteiger partial charge in [-0.1, -0.05) is 19.3 Å². The number of benzene rings is 1. The monoisotopic (exact) mass is 549 g/mol. The van der Waals surface area contributed by atoms with Crippen LogP contribution in [0.5, 0.6) is 0 Å². The number of hydrogen-bond donors (Lipinski definition) is 2. The molecule has 0 unspecified atom stereocenters. The molecular weight excluding hydrogens is 521 g/mol. The first-order valence-corrected chi connectivity index (χ1v) is 12.7. The number of esters is 1. The number of ether oxygens (including phenoxy) is 1. The van der Waals surface area contributed by atoms with Gasteiger partial charge in [0, 0.05) is 16.2 Å². The molecule has 1 aliphatic heterocycles. The second-order valence-electron chi connectivity index (χ2n) is 7.96. The van der Waals surface area contributed by atoms with E-state index in [1.807, 2.05) is 0 Å². The molecule has 1 aliphatic carbocycles. The van der Waals surface area contributed by atoms with Crippen molar-refractivity contribution in [3.05, 3.63) is 27.8 Å². The summed E-state index contributed by atoms with van der Waals surface area (Å²) in [5.41, 5.74) is 6.27. The van der Waals surface area contributed by atoms with Crippen LogP contribution in [0.4, 0.5) is 0 Å². The number of likely N-dealkylation sites (tertiary alicyclic amines) is 1. The van der Waals surface area contributed by atoms with E-state index >= 15 is 0 Å². The normalized spacial score (nSPS) is 23.9. The van der Waals surface area contributed by atoms with E-state index in [4.69, 9.17) is 10.5 Å². The zero-order valence-electron chi connectivity index (χ0n) is 16.9. The number of halogens is 1. The van der Waals surface area contributed by atoms with Crippen molar-refractivity contribution in [3.8, 4) is 0 Å². The molecule has 3 N–H and O–H groups in total. The Hall–Kier alpha value is -1.24. The quantitative estimate of drug-likeness (QED) is 0.412. The predicted molar refractivity (Wildman–Crippen MR) is 120 cm³/mol. The maximum atomic E-state index is 13.1. The van der Waals surface area contributed by atoms with Crippen LogP contribution < -0.4 is 10.5 Å². The summed E-state index contributed by atoms with van der Waals surface area (Å²) in [6, 6.07) is 4.34. The number of nitrogens with two attached hydrogens (primary N) is 1. The van der Waals surface area contributed by atoms with Crippen molar-refractivity contribution >= 4 is 44.5 Å². The zero-order valence-corrected chi connectivity index (χ0v) is 19.9. The van der Waals surface area contributed by atoms with Crippen LogP contribution in [-0.2, 0) is 24.3 Å². The highest BCUT2D eigenvalue weighted by Gasteiger charge is 2.44. The molecule has 2 aliphatic rings. The molecule has 0 radical (unpaired) electrons. The minimum Gasteiger partial charge on any atom is -0.467 e. The number of hydrogen-bond acceptors (Lipinski definition) is 6. The molecule has 1 amide bonds. The fourth-order valence-electron chi connectivity index (χ4n) is 4.31. The first-order chi connectivity index (χ1) is 14.2. The number of nitrogens with one attached hydrogen (secondary N) is 1. The minimum absolute atomic E-state index is 0.0859. The smallest absolute Gasteiger partial charge is 0.328 e. The first kappa shape index (κ1) is 23.4. The van der Waals surface area contributed by atoms with Crippen molar-refractivity contribution in [2.75, 3.05) is 13.7 Å². The molecular formula is C20H28IN3O5S. The Morgan fingerprint density at radius 1 is 1.20 bits per heavy atom. The van der Waals surface area contributed by atoms with Crippen LogP contribution in [0.1, 0.15) is 38.5 Å². The Morgan fingerprint density at radius 2 is 1.83 bits per heavy atom. The highest BCUT2D eigenvalue weighted by molar-refractivity contribution is 14.1. The van der Waals surface area contributed by atoms with Crippen LogP contribution in [0.2, 0.25) is 0 Å². The predicted octanol–water partition coefficient (Wildman–Crippen LogP) is 1.62. The minimum atomic E-state index is -3.78. The average Bonchev–Trinajstić information content (AvgIpc) is 3.16. The van der Waals surface area contributed by atoms with Gasteiger partial charge in [-0.3, -0.25) is 4.79 Å². The van der Waals surface area contributed by atoms with Crippen molar-refractivity contribution in [3.63, 3.8) is 0 Å². The van der Waals surface area contributed by atoms with Gasteiger partial charge in [0.2, 0.25) is 15.9 Å².